The number of hydrogen-bond donors (Lipinski definition) is 1. The summed E-state index contributed by atoms with van der Waals surface area (Å²) in [5.74, 6) is 1.89. The maximum Gasteiger partial charge on any atom is 0.277 e. The molecule has 7 nitrogen and oxygen atoms in total. The molecule has 4 rings (SSSR count). The number of aryl methyl sites for hydroxylation is 2. The summed E-state index contributed by atoms with van der Waals surface area (Å²) in [6.07, 6.45) is 5.79. The number of carbonyl (C=O) groups is 1. The van der Waals surface area contributed by atoms with E-state index in [1.54, 1.807) is 0 Å². The topological polar surface area (TPSA) is 81.8 Å². The molecule has 0 aromatic carbocycles. The summed E-state index contributed by atoms with van der Waals surface area (Å²) in [6.45, 7) is 4.42. The van der Waals surface area contributed by atoms with Crippen molar-refractivity contribution in [2.45, 2.75) is 58.5 Å². The Morgan fingerprint density at radius 3 is 2.81 bits per heavy atom. The van der Waals surface area contributed by atoms with Crippen molar-refractivity contribution in [1.29, 1.82) is 0 Å². The summed E-state index contributed by atoms with van der Waals surface area (Å²) in [5, 5.41) is 11.8. The number of anilines is 1. The molecule has 0 aliphatic heterocycles. The lowest BCUT2D eigenvalue weighted by Gasteiger charge is -2.24. The predicted molar refractivity (Wildman–Crippen MR) is 98.2 cm³/mol. The summed E-state index contributed by atoms with van der Waals surface area (Å²) in [4.78, 5) is 24.5. The highest BCUT2D eigenvalue weighted by molar-refractivity contribution is 6.02. The third kappa shape index (κ3) is 3.06. The molecule has 2 aliphatic rings. The molecule has 0 radical (unpaired) electrons. The molecule has 2 aromatic heterocycles. The number of carbonyl (C=O) groups excluding carboxylic acids is 1. The van der Waals surface area contributed by atoms with Crippen LogP contribution in [0.5, 0.6) is 0 Å². The maximum absolute atomic E-state index is 12.7. The first-order valence-corrected chi connectivity index (χ1v) is 9.51. The molecular weight excluding hydrogens is 330 g/mol. The largest absolute Gasteiger partial charge is 0.305 e. The van der Waals surface area contributed by atoms with Gasteiger partial charge in [-0.05, 0) is 50.5 Å². The van der Waals surface area contributed by atoms with Gasteiger partial charge in [-0.2, -0.15) is 10.2 Å². The van der Waals surface area contributed by atoms with E-state index in [1.165, 1.54) is 36.1 Å². The Hall–Kier alpha value is -2.44. The minimum Gasteiger partial charge on any atom is -0.305 e. The second kappa shape index (κ2) is 6.70. The van der Waals surface area contributed by atoms with Crippen molar-refractivity contribution in [3.63, 3.8) is 0 Å². The van der Waals surface area contributed by atoms with Crippen LogP contribution in [0.3, 0.4) is 0 Å². The van der Waals surface area contributed by atoms with Crippen molar-refractivity contribution < 1.29 is 4.79 Å². The lowest BCUT2D eigenvalue weighted by Crippen LogP contribution is -2.27. The van der Waals surface area contributed by atoms with E-state index in [2.05, 4.69) is 15.5 Å². The van der Waals surface area contributed by atoms with Crippen molar-refractivity contribution in [3.05, 3.63) is 39.9 Å². The molecule has 7 heteroatoms. The predicted octanol–water partition coefficient (Wildman–Crippen LogP) is 2.77. The maximum atomic E-state index is 12.7. The van der Waals surface area contributed by atoms with Crippen LogP contribution in [0.2, 0.25) is 0 Å². The van der Waals surface area contributed by atoms with Crippen LogP contribution in [0, 0.1) is 18.8 Å². The summed E-state index contributed by atoms with van der Waals surface area (Å²) in [5.41, 5.74) is 0.953. The molecule has 2 bridgehead atoms. The third-order valence-corrected chi connectivity index (χ3v) is 5.65. The van der Waals surface area contributed by atoms with E-state index >= 15 is 0 Å². The monoisotopic (exact) mass is 355 g/mol. The fraction of sp³-hybridized carbons (Fsp3) is 0.579. The molecule has 1 N–H and O–H groups in total. The third-order valence-electron chi connectivity index (χ3n) is 5.65. The van der Waals surface area contributed by atoms with Gasteiger partial charge in [-0.25, -0.2) is 9.36 Å². The second-order valence-electron chi connectivity index (χ2n) is 7.59. The first-order valence-electron chi connectivity index (χ1n) is 9.51. The standard InChI is InChI=1S/C19H25N5O2/c1-3-8-23-18(25)7-6-15(22-23)19(26)20-17-9-12(2)21-24(17)16-11-13-4-5-14(16)10-13/h6-7,9,13-14,16H,3-5,8,10-11H2,1-2H3,(H,20,26). The van der Waals surface area contributed by atoms with Gasteiger partial charge in [0.2, 0.25) is 0 Å². The van der Waals surface area contributed by atoms with Crippen molar-refractivity contribution in [3.8, 4) is 0 Å². The van der Waals surface area contributed by atoms with Crippen LogP contribution in [0.25, 0.3) is 0 Å². The average Bonchev–Trinajstić information content (AvgIpc) is 3.32. The minimum atomic E-state index is -0.306. The van der Waals surface area contributed by atoms with E-state index in [9.17, 15) is 9.59 Å². The number of rotatable bonds is 5. The molecule has 3 atom stereocenters. The van der Waals surface area contributed by atoms with Gasteiger partial charge in [-0.1, -0.05) is 13.3 Å². The van der Waals surface area contributed by atoms with Gasteiger partial charge in [-0.3, -0.25) is 9.59 Å². The number of fused-ring (bicyclic) bond motifs is 2. The second-order valence-corrected chi connectivity index (χ2v) is 7.59. The molecule has 0 saturated heterocycles. The molecule has 2 saturated carbocycles. The first-order chi connectivity index (χ1) is 12.5. The Morgan fingerprint density at radius 2 is 2.12 bits per heavy atom. The van der Waals surface area contributed by atoms with E-state index < -0.39 is 0 Å². The summed E-state index contributed by atoms with van der Waals surface area (Å²) < 4.78 is 3.34. The molecule has 2 fully saturated rings. The SMILES string of the molecule is CCCn1nc(C(=O)Nc2cc(C)nn2C2CC3CCC2C3)ccc1=O. The van der Waals surface area contributed by atoms with Crippen molar-refractivity contribution in [2.24, 2.45) is 11.8 Å². The fourth-order valence-electron chi connectivity index (χ4n) is 4.50. The smallest absolute Gasteiger partial charge is 0.277 e. The van der Waals surface area contributed by atoms with E-state index in [-0.39, 0.29) is 17.2 Å². The zero-order chi connectivity index (χ0) is 18.3. The molecule has 1 amide bonds. The van der Waals surface area contributed by atoms with Gasteiger partial charge < -0.3 is 5.32 Å². The van der Waals surface area contributed by atoms with Crippen LogP contribution >= 0.6 is 0 Å². The molecule has 26 heavy (non-hydrogen) atoms. The molecule has 138 valence electrons. The highest BCUT2D eigenvalue weighted by Crippen LogP contribution is 2.51. The molecule has 2 aliphatic carbocycles. The zero-order valence-corrected chi connectivity index (χ0v) is 15.3. The molecule has 2 aromatic rings. The van der Waals surface area contributed by atoms with E-state index in [4.69, 9.17) is 0 Å². The highest BCUT2D eigenvalue weighted by Gasteiger charge is 2.41. The van der Waals surface area contributed by atoms with Crippen LogP contribution in [-0.4, -0.2) is 25.5 Å². The van der Waals surface area contributed by atoms with Crippen molar-refractivity contribution in [2.75, 3.05) is 5.32 Å². The lowest BCUT2D eigenvalue weighted by atomic mass is 9.95. The molecule has 3 unspecified atom stereocenters. The van der Waals surface area contributed by atoms with Crippen molar-refractivity contribution >= 4 is 11.7 Å². The average molecular weight is 355 g/mol. The van der Waals surface area contributed by atoms with Crippen LogP contribution in [-0.2, 0) is 6.54 Å². The Kier molecular flexibility index (Phi) is 4.38. The lowest BCUT2D eigenvalue weighted by molar-refractivity contribution is 0.101. The number of nitrogens with zero attached hydrogens (tertiary/aromatic N) is 4. The van der Waals surface area contributed by atoms with Gasteiger partial charge in [0.15, 0.2) is 0 Å². The minimum absolute atomic E-state index is 0.189. The Balaban J connectivity index is 1.57. The highest BCUT2D eigenvalue weighted by atomic mass is 16.2. The van der Waals surface area contributed by atoms with Gasteiger partial charge in [0.25, 0.3) is 11.5 Å². The quantitative estimate of drug-likeness (QED) is 0.894. The van der Waals surface area contributed by atoms with E-state index in [0.29, 0.717) is 18.5 Å². The number of hydrogen-bond acceptors (Lipinski definition) is 4. The van der Waals surface area contributed by atoms with Gasteiger partial charge in [-0.15, -0.1) is 0 Å². The Bertz CT molecular complexity index is 884. The summed E-state index contributed by atoms with van der Waals surface area (Å²) >= 11 is 0. The number of nitrogens with one attached hydrogen (secondary N) is 1. The van der Waals surface area contributed by atoms with E-state index in [1.807, 2.05) is 24.6 Å². The number of aromatic nitrogens is 4. The molecular formula is C19H25N5O2. The first kappa shape index (κ1) is 17.0. The Morgan fingerprint density at radius 1 is 1.27 bits per heavy atom. The normalized spacial score (nSPS) is 24.2. The summed E-state index contributed by atoms with van der Waals surface area (Å²) in [6, 6.07) is 5.16. The van der Waals surface area contributed by atoms with E-state index in [0.717, 1.165) is 30.3 Å². The van der Waals surface area contributed by atoms with Gasteiger partial charge >= 0.3 is 0 Å². The Labute approximate surface area is 152 Å². The zero-order valence-electron chi connectivity index (χ0n) is 15.3. The van der Waals surface area contributed by atoms with Crippen LogP contribution in [0.1, 0.15) is 61.3 Å². The fourth-order valence-corrected chi connectivity index (χ4v) is 4.50. The van der Waals surface area contributed by atoms with Gasteiger partial charge in [0, 0.05) is 18.7 Å². The number of amides is 1. The molecule has 0 spiro atoms. The van der Waals surface area contributed by atoms with Crippen LogP contribution in [0.15, 0.2) is 23.0 Å². The van der Waals surface area contributed by atoms with Gasteiger partial charge in [0.05, 0.1) is 11.7 Å². The van der Waals surface area contributed by atoms with Gasteiger partial charge in [0.1, 0.15) is 11.5 Å². The summed E-state index contributed by atoms with van der Waals surface area (Å²) in [7, 11) is 0. The van der Waals surface area contributed by atoms with Crippen LogP contribution < -0.4 is 10.9 Å². The molecule has 2 heterocycles. The van der Waals surface area contributed by atoms with Crippen molar-refractivity contribution in [1.82, 2.24) is 19.6 Å². The van der Waals surface area contributed by atoms with Crippen LogP contribution in [0.4, 0.5) is 5.82 Å².